The fraction of sp³-hybridized carbons (Fsp3) is 0.310. The Morgan fingerprint density at radius 2 is 1.97 bits per heavy atom. The van der Waals surface area contributed by atoms with E-state index in [1.54, 1.807) is 30.2 Å². The van der Waals surface area contributed by atoms with Gasteiger partial charge in [-0.1, -0.05) is 31.4 Å². The Morgan fingerprint density at radius 1 is 1.15 bits per heavy atom. The van der Waals surface area contributed by atoms with Crippen LogP contribution in [0.2, 0.25) is 0 Å². The average Bonchev–Trinajstić information content (AvgIpc) is 3.35. The molecule has 10 nitrogen and oxygen atoms in total. The first-order valence-electron chi connectivity index (χ1n) is 13.1. The molecule has 10 heteroatoms. The lowest BCUT2D eigenvalue weighted by molar-refractivity contribution is -0.126. The molecule has 3 N–H and O–H groups in total. The molecule has 0 spiro atoms. The van der Waals surface area contributed by atoms with Gasteiger partial charge in [-0.3, -0.25) is 9.59 Å². The number of carbonyl (C=O) groups excluding carboxylic acids is 2. The number of amides is 2. The number of rotatable bonds is 6. The summed E-state index contributed by atoms with van der Waals surface area (Å²) in [6.07, 6.45) is 6.75. The number of aromatic nitrogens is 5. The maximum absolute atomic E-state index is 12.9. The monoisotopic (exact) mass is 522 g/mol. The summed E-state index contributed by atoms with van der Waals surface area (Å²) in [7, 11) is 0. The van der Waals surface area contributed by atoms with Gasteiger partial charge in [0.2, 0.25) is 0 Å². The predicted molar refractivity (Wildman–Crippen MR) is 150 cm³/mol. The maximum atomic E-state index is 12.9. The van der Waals surface area contributed by atoms with Crippen molar-refractivity contribution in [1.82, 2.24) is 29.6 Å². The van der Waals surface area contributed by atoms with Crippen LogP contribution in [0.3, 0.4) is 0 Å². The normalized spacial score (nSPS) is 15.0. The minimum atomic E-state index is -0.247. The highest BCUT2D eigenvalue weighted by molar-refractivity contribution is 6.04. The number of benzene rings is 1. The van der Waals surface area contributed by atoms with Crippen LogP contribution in [-0.2, 0) is 11.2 Å². The van der Waals surface area contributed by atoms with Crippen LogP contribution in [0.5, 0.6) is 0 Å². The van der Waals surface area contributed by atoms with E-state index in [9.17, 15) is 9.59 Å². The summed E-state index contributed by atoms with van der Waals surface area (Å²) < 4.78 is 1.84. The summed E-state index contributed by atoms with van der Waals surface area (Å²) in [5.41, 5.74) is 9.93. The van der Waals surface area contributed by atoms with Crippen LogP contribution in [0.4, 0.5) is 11.6 Å². The minimum absolute atomic E-state index is 0.0760. The van der Waals surface area contributed by atoms with Crippen molar-refractivity contribution in [1.29, 1.82) is 0 Å². The molecule has 4 aromatic rings. The Balaban J connectivity index is 1.42. The summed E-state index contributed by atoms with van der Waals surface area (Å²) >= 11 is 0. The molecule has 2 amide bonds. The molecule has 0 saturated carbocycles. The number of fused-ring (bicyclic) bond motifs is 1. The SMILES string of the molecule is CC#CC(=O)N1CCC[C@@H](n2nc(-c3ccc(C(=O)Nc4cc(CCC)ccn4)cc3)c3c(N)ncnc32)C1. The van der Waals surface area contributed by atoms with Crippen molar-refractivity contribution < 1.29 is 9.59 Å². The fourth-order valence-corrected chi connectivity index (χ4v) is 4.93. The van der Waals surface area contributed by atoms with E-state index in [1.807, 2.05) is 28.9 Å². The Kier molecular flexibility index (Phi) is 7.50. The smallest absolute Gasteiger partial charge is 0.298 e. The zero-order valence-corrected chi connectivity index (χ0v) is 22.0. The molecule has 1 atom stereocenters. The molecule has 1 fully saturated rings. The van der Waals surface area contributed by atoms with Gasteiger partial charge in [0.15, 0.2) is 5.65 Å². The van der Waals surface area contributed by atoms with Crippen LogP contribution >= 0.6 is 0 Å². The van der Waals surface area contributed by atoms with Gasteiger partial charge in [-0.2, -0.15) is 5.10 Å². The van der Waals surface area contributed by atoms with Crippen LogP contribution < -0.4 is 11.1 Å². The van der Waals surface area contributed by atoms with Crippen LogP contribution in [0.1, 0.15) is 55.1 Å². The van der Waals surface area contributed by atoms with Gasteiger partial charge in [0, 0.05) is 30.4 Å². The Hall–Kier alpha value is -4.78. The van der Waals surface area contributed by atoms with E-state index >= 15 is 0 Å². The number of nitrogens with one attached hydrogen (secondary N) is 1. The summed E-state index contributed by atoms with van der Waals surface area (Å²) in [4.78, 5) is 40.0. The van der Waals surface area contributed by atoms with Crippen molar-refractivity contribution in [2.45, 2.75) is 45.6 Å². The van der Waals surface area contributed by atoms with Crippen molar-refractivity contribution >= 4 is 34.5 Å². The molecule has 0 radical (unpaired) electrons. The van der Waals surface area contributed by atoms with Crippen LogP contribution in [0, 0.1) is 11.8 Å². The minimum Gasteiger partial charge on any atom is -0.383 e. The highest BCUT2D eigenvalue weighted by atomic mass is 16.2. The summed E-state index contributed by atoms with van der Waals surface area (Å²) in [5, 5.41) is 8.42. The van der Waals surface area contributed by atoms with E-state index in [0.29, 0.717) is 47.0 Å². The molecule has 0 unspecified atom stereocenters. The molecule has 0 aliphatic carbocycles. The molecule has 1 saturated heterocycles. The van der Waals surface area contributed by atoms with Gasteiger partial charge in [-0.15, -0.1) is 0 Å². The van der Waals surface area contributed by atoms with E-state index in [0.717, 1.165) is 36.8 Å². The lowest BCUT2D eigenvalue weighted by Crippen LogP contribution is -2.40. The second kappa shape index (κ2) is 11.3. The third-order valence-electron chi connectivity index (χ3n) is 6.80. The Labute approximate surface area is 226 Å². The van der Waals surface area contributed by atoms with Crippen molar-refractivity contribution in [3.05, 3.63) is 60.0 Å². The number of anilines is 2. The topological polar surface area (TPSA) is 132 Å². The van der Waals surface area contributed by atoms with Crippen molar-refractivity contribution in [2.75, 3.05) is 24.1 Å². The van der Waals surface area contributed by atoms with Gasteiger partial charge < -0.3 is 16.0 Å². The van der Waals surface area contributed by atoms with E-state index in [-0.39, 0.29) is 17.9 Å². The highest BCUT2D eigenvalue weighted by Crippen LogP contribution is 2.34. The summed E-state index contributed by atoms with van der Waals surface area (Å²) in [6.45, 7) is 4.91. The van der Waals surface area contributed by atoms with Crippen molar-refractivity contribution in [3.8, 4) is 23.1 Å². The average molecular weight is 523 g/mol. The number of carbonyl (C=O) groups is 2. The number of pyridine rings is 1. The third-order valence-corrected chi connectivity index (χ3v) is 6.80. The van der Waals surface area contributed by atoms with Gasteiger partial charge in [-0.05, 0) is 61.9 Å². The number of nitrogens with zero attached hydrogens (tertiary/aromatic N) is 6. The molecule has 4 heterocycles. The van der Waals surface area contributed by atoms with E-state index < -0.39 is 0 Å². The molecule has 3 aromatic heterocycles. The van der Waals surface area contributed by atoms with Crippen LogP contribution in [0.15, 0.2) is 48.9 Å². The first-order valence-corrected chi connectivity index (χ1v) is 13.1. The molecule has 198 valence electrons. The van der Waals surface area contributed by atoms with Gasteiger partial charge in [0.25, 0.3) is 11.8 Å². The molecule has 1 aliphatic heterocycles. The number of aryl methyl sites for hydroxylation is 1. The maximum Gasteiger partial charge on any atom is 0.298 e. The largest absolute Gasteiger partial charge is 0.383 e. The Morgan fingerprint density at radius 3 is 2.74 bits per heavy atom. The van der Waals surface area contributed by atoms with Crippen LogP contribution in [0.25, 0.3) is 22.3 Å². The fourth-order valence-electron chi connectivity index (χ4n) is 4.93. The molecule has 39 heavy (non-hydrogen) atoms. The zero-order chi connectivity index (χ0) is 27.4. The second-order valence-corrected chi connectivity index (χ2v) is 9.50. The van der Waals surface area contributed by atoms with Gasteiger partial charge in [0.05, 0.1) is 11.4 Å². The molecule has 0 bridgehead atoms. The first kappa shape index (κ1) is 25.9. The van der Waals surface area contributed by atoms with E-state index in [2.05, 4.69) is 39.0 Å². The molecule has 5 rings (SSSR count). The summed E-state index contributed by atoms with van der Waals surface area (Å²) in [6, 6.07) is 10.9. The Bertz CT molecular complexity index is 1580. The van der Waals surface area contributed by atoms with Crippen molar-refractivity contribution in [2.24, 2.45) is 0 Å². The number of likely N-dealkylation sites (tertiary alicyclic amines) is 1. The standard InChI is InChI=1S/C29H30N8O2/c1-3-6-19-13-14-31-23(16-19)34-29(39)21-11-9-20(10-12-21)26-25-27(30)32-18-33-28(25)37(35-26)22-8-5-15-36(17-22)24(38)7-4-2/h9-14,16,18,22H,3,5-6,8,15,17H2,1-2H3,(H2,30,32,33)(H,31,34,39)/t22-/m1/s1. The van der Waals surface area contributed by atoms with Crippen LogP contribution in [-0.4, -0.2) is 54.5 Å². The van der Waals surface area contributed by atoms with Crippen molar-refractivity contribution in [3.63, 3.8) is 0 Å². The quantitative estimate of drug-likeness (QED) is 0.368. The number of nitrogens with two attached hydrogens (primary N) is 1. The number of piperidine rings is 1. The second-order valence-electron chi connectivity index (χ2n) is 9.50. The molecular formula is C29H30N8O2. The van der Waals surface area contributed by atoms with E-state index in [1.165, 1.54) is 6.33 Å². The molecule has 1 aliphatic rings. The lowest BCUT2D eigenvalue weighted by Gasteiger charge is -2.31. The van der Waals surface area contributed by atoms with Gasteiger partial charge in [-0.25, -0.2) is 19.6 Å². The molecular weight excluding hydrogens is 492 g/mol. The lowest BCUT2D eigenvalue weighted by atomic mass is 10.1. The number of hydrogen-bond acceptors (Lipinski definition) is 7. The summed E-state index contributed by atoms with van der Waals surface area (Å²) in [5.74, 6) is 5.72. The van der Waals surface area contributed by atoms with Gasteiger partial charge >= 0.3 is 0 Å². The third kappa shape index (κ3) is 5.43. The highest BCUT2D eigenvalue weighted by Gasteiger charge is 2.28. The first-order chi connectivity index (χ1) is 19.0. The predicted octanol–water partition coefficient (Wildman–Crippen LogP) is 3.86. The number of nitrogen functional groups attached to an aromatic ring is 1. The zero-order valence-electron chi connectivity index (χ0n) is 22.0. The van der Waals surface area contributed by atoms with E-state index in [4.69, 9.17) is 10.8 Å². The van der Waals surface area contributed by atoms with Gasteiger partial charge in [0.1, 0.15) is 23.7 Å². The molecule has 1 aromatic carbocycles. The number of hydrogen-bond donors (Lipinski definition) is 2.